The molecule has 27 heavy (non-hydrogen) atoms. The third-order valence-corrected chi connectivity index (χ3v) is 5.46. The molecule has 1 fully saturated rings. The maximum Gasteiger partial charge on any atom is 0.237 e. The van der Waals surface area contributed by atoms with Gasteiger partial charge in [0, 0.05) is 25.7 Å². The number of amides is 1. The maximum atomic E-state index is 12.3. The molecule has 1 amide bonds. The van der Waals surface area contributed by atoms with Crippen LogP contribution >= 0.6 is 24.8 Å². The molecule has 3 rings (SSSR count). The first-order valence-corrected chi connectivity index (χ1v) is 9.18. The van der Waals surface area contributed by atoms with Crippen LogP contribution in [0.15, 0.2) is 42.9 Å². The molecule has 1 aromatic heterocycles. The third kappa shape index (κ3) is 6.23. The van der Waals surface area contributed by atoms with E-state index in [1.54, 1.807) is 6.33 Å². The molecule has 7 heteroatoms. The van der Waals surface area contributed by atoms with Crippen LogP contribution < -0.4 is 11.1 Å². The summed E-state index contributed by atoms with van der Waals surface area (Å²) >= 11 is 0. The van der Waals surface area contributed by atoms with Gasteiger partial charge in [-0.05, 0) is 30.2 Å². The highest BCUT2D eigenvalue weighted by Gasteiger charge is 2.35. The Labute approximate surface area is 173 Å². The first kappa shape index (κ1) is 23.5. The van der Waals surface area contributed by atoms with Crippen molar-refractivity contribution in [2.24, 2.45) is 11.1 Å². The van der Waals surface area contributed by atoms with Crippen molar-refractivity contribution in [1.82, 2.24) is 14.9 Å². The number of rotatable bonds is 8. The van der Waals surface area contributed by atoms with Crippen LogP contribution in [0.25, 0.3) is 0 Å². The number of halogens is 2. The monoisotopic (exact) mass is 412 g/mol. The van der Waals surface area contributed by atoms with Crippen LogP contribution in [0.4, 0.5) is 0 Å². The Kier molecular flexibility index (Phi) is 9.30. The average Bonchev–Trinajstić information content (AvgIpc) is 3.02. The van der Waals surface area contributed by atoms with Crippen LogP contribution in [0.5, 0.6) is 0 Å². The molecular formula is C20H30Cl2N4O. The third-order valence-electron chi connectivity index (χ3n) is 5.46. The Morgan fingerprint density at radius 2 is 2.00 bits per heavy atom. The summed E-state index contributed by atoms with van der Waals surface area (Å²) in [6.07, 6.45) is 9.05. The normalized spacial score (nSPS) is 15.6. The molecule has 1 aliphatic rings. The van der Waals surface area contributed by atoms with E-state index in [-0.39, 0.29) is 30.7 Å². The summed E-state index contributed by atoms with van der Waals surface area (Å²) in [6, 6.07) is 9.68. The molecule has 0 aliphatic heterocycles. The van der Waals surface area contributed by atoms with Gasteiger partial charge in [0.25, 0.3) is 0 Å². The Balaban J connectivity index is 0.00000182. The van der Waals surface area contributed by atoms with Gasteiger partial charge in [-0.15, -0.1) is 24.8 Å². The van der Waals surface area contributed by atoms with Crippen molar-refractivity contribution < 1.29 is 4.79 Å². The number of aromatic nitrogens is 2. The predicted molar refractivity (Wildman–Crippen MR) is 114 cm³/mol. The first-order valence-electron chi connectivity index (χ1n) is 9.18. The lowest BCUT2D eigenvalue weighted by atomic mass is 9.67. The molecule has 0 radical (unpaired) electrons. The summed E-state index contributed by atoms with van der Waals surface area (Å²) in [5.41, 5.74) is 8.47. The fourth-order valence-electron chi connectivity index (χ4n) is 3.45. The fraction of sp³-hybridized carbons (Fsp3) is 0.500. The molecule has 0 unspecified atom stereocenters. The van der Waals surface area contributed by atoms with E-state index in [1.165, 1.54) is 24.8 Å². The van der Waals surface area contributed by atoms with E-state index in [4.69, 9.17) is 5.73 Å². The van der Waals surface area contributed by atoms with Crippen LogP contribution in [0, 0.1) is 5.41 Å². The summed E-state index contributed by atoms with van der Waals surface area (Å²) in [4.78, 5) is 16.7. The molecule has 150 valence electrons. The van der Waals surface area contributed by atoms with E-state index in [9.17, 15) is 4.79 Å². The molecule has 1 atom stereocenters. The first-order chi connectivity index (χ1) is 12.1. The van der Waals surface area contributed by atoms with E-state index < -0.39 is 6.04 Å². The zero-order valence-electron chi connectivity index (χ0n) is 15.8. The summed E-state index contributed by atoms with van der Waals surface area (Å²) in [6.45, 7) is 3.72. The molecule has 0 bridgehead atoms. The SMILES string of the molecule is CCC1(CNC(=O)[C@@H](N)Cc2cn(Cc3ccccc3)cn2)CCC1.Cl.Cl. The Morgan fingerprint density at radius 3 is 2.59 bits per heavy atom. The number of hydrogen-bond acceptors (Lipinski definition) is 3. The highest BCUT2D eigenvalue weighted by Crippen LogP contribution is 2.43. The average molecular weight is 413 g/mol. The van der Waals surface area contributed by atoms with Crippen molar-refractivity contribution >= 4 is 30.7 Å². The number of nitrogens with two attached hydrogens (primary N) is 1. The highest BCUT2D eigenvalue weighted by atomic mass is 35.5. The van der Waals surface area contributed by atoms with Gasteiger partial charge in [0.2, 0.25) is 5.91 Å². The molecule has 0 spiro atoms. The second-order valence-electron chi connectivity index (χ2n) is 7.26. The van der Waals surface area contributed by atoms with Crippen molar-refractivity contribution in [3.05, 3.63) is 54.1 Å². The standard InChI is InChI=1S/C20H28N4O.2ClH/c1-2-20(9-6-10-20)14-22-19(25)18(21)11-17-13-24(15-23-17)12-16-7-4-3-5-8-16;;/h3-5,7-8,13,15,18H,2,6,9-12,14,21H2,1H3,(H,22,25);2*1H/t18-;;/m0../s1. The van der Waals surface area contributed by atoms with Gasteiger partial charge in [-0.3, -0.25) is 4.79 Å². The second kappa shape index (κ2) is 10.7. The van der Waals surface area contributed by atoms with Gasteiger partial charge in [0.1, 0.15) is 0 Å². The Morgan fingerprint density at radius 1 is 1.30 bits per heavy atom. The quantitative estimate of drug-likeness (QED) is 0.697. The van der Waals surface area contributed by atoms with Gasteiger partial charge in [0.05, 0.1) is 18.1 Å². The largest absolute Gasteiger partial charge is 0.354 e. The molecular weight excluding hydrogens is 383 g/mol. The minimum absolute atomic E-state index is 0. The molecule has 1 saturated carbocycles. The van der Waals surface area contributed by atoms with E-state index in [0.717, 1.165) is 25.2 Å². The van der Waals surface area contributed by atoms with Crippen LogP contribution in [-0.4, -0.2) is 28.0 Å². The molecule has 0 saturated heterocycles. The summed E-state index contributed by atoms with van der Waals surface area (Å²) in [7, 11) is 0. The number of carbonyl (C=O) groups is 1. The van der Waals surface area contributed by atoms with Gasteiger partial charge in [-0.25, -0.2) is 4.98 Å². The summed E-state index contributed by atoms with van der Waals surface area (Å²) < 4.78 is 2.02. The highest BCUT2D eigenvalue weighted by molar-refractivity contribution is 5.85. The lowest BCUT2D eigenvalue weighted by molar-refractivity contribution is -0.123. The van der Waals surface area contributed by atoms with Crippen LogP contribution in [0.3, 0.4) is 0 Å². The summed E-state index contributed by atoms with van der Waals surface area (Å²) in [5, 5.41) is 3.04. The number of hydrogen-bond donors (Lipinski definition) is 2. The van der Waals surface area contributed by atoms with E-state index >= 15 is 0 Å². The van der Waals surface area contributed by atoms with Crippen LogP contribution in [0.2, 0.25) is 0 Å². The fourth-order valence-corrected chi connectivity index (χ4v) is 3.45. The minimum atomic E-state index is -0.547. The topological polar surface area (TPSA) is 72.9 Å². The van der Waals surface area contributed by atoms with Crippen molar-refractivity contribution in [2.45, 2.75) is 51.6 Å². The van der Waals surface area contributed by atoms with Crippen molar-refractivity contribution in [2.75, 3.05) is 6.54 Å². The number of nitrogens with one attached hydrogen (secondary N) is 1. The van der Waals surface area contributed by atoms with Crippen molar-refractivity contribution in [3.63, 3.8) is 0 Å². The van der Waals surface area contributed by atoms with Gasteiger partial charge in [-0.2, -0.15) is 0 Å². The molecule has 5 nitrogen and oxygen atoms in total. The smallest absolute Gasteiger partial charge is 0.237 e. The number of carbonyl (C=O) groups excluding carboxylic acids is 1. The molecule has 1 heterocycles. The number of imidazole rings is 1. The van der Waals surface area contributed by atoms with Gasteiger partial charge >= 0.3 is 0 Å². The predicted octanol–water partition coefficient (Wildman–Crippen LogP) is 3.34. The van der Waals surface area contributed by atoms with E-state index in [1.807, 2.05) is 29.0 Å². The molecule has 3 N–H and O–H groups in total. The molecule has 1 aromatic carbocycles. The van der Waals surface area contributed by atoms with Crippen molar-refractivity contribution in [3.8, 4) is 0 Å². The lowest BCUT2D eigenvalue weighted by Crippen LogP contribution is -2.48. The number of benzene rings is 1. The van der Waals surface area contributed by atoms with Crippen LogP contribution in [0.1, 0.15) is 43.9 Å². The zero-order valence-corrected chi connectivity index (χ0v) is 17.4. The van der Waals surface area contributed by atoms with E-state index in [0.29, 0.717) is 11.8 Å². The van der Waals surface area contributed by atoms with Crippen molar-refractivity contribution in [1.29, 1.82) is 0 Å². The van der Waals surface area contributed by atoms with Gasteiger partial charge in [-0.1, -0.05) is 43.7 Å². The number of nitrogens with zero attached hydrogens (tertiary/aromatic N) is 2. The summed E-state index contributed by atoms with van der Waals surface area (Å²) in [5.74, 6) is -0.0719. The maximum absolute atomic E-state index is 12.3. The zero-order chi connectivity index (χ0) is 17.7. The minimum Gasteiger partial charge on any atom is -0.354 e. The van der Waals surface area contributed by atoms with Gasteiger partial charge < -0.3 is 15.6 Å². The Hall–Kier alpha value is -1.56. The lowest BCUT2D eigenvalue weighted by Gasteiger charge is -2.41. The second-order valence-corrected chi connectivity index (χ2v) is 7.26. The molecule has 1 aliphatic carbocycles. The van der Waals surface area contributed by atoms with Gasteiger partial charge in [0.15, 0.2) is 0 Å². The Bertz CT molecular complexity index is 696. The van der Waals surface area contributed by atoms with Crippen LogP contribution in [-0.2, 0) is 17.8 Å². The van der Waals surface area contributed by atoms with E-state index in [2.05, 4.69) is 29.4 Å². The molecule has 2 aromatic rings.